The predicted octanol–water partition coefficient (Wildman–Crippen LogP) is 1.32. The number of carbonyl (C=O) groups excluding carboxylic acids is 1. The number of piperidine rings is 1. The summed E-state index contributed by atoms with van der Waals surface area (Å²) in [5.74, 6) is -0.190. The highest BCUT2D eigenvalue weighted by Crippen LogP contribution is 2.24. The molecule has 1 aliphatic heterocycles. The highest BCUT2D eigenvalue weighted by molar-refractivity contribution is 5.82. The molecule has 4 nitrogen and oxygen atoms in total. The van der Waals surface area contributed by atoms with Crippen molar-refractivity contribution in [1.29, 1.82) is 0 Å². The molecule has 1 saturated heterocycles. The second-order valence-electron chi connectivity index (χ2n) is 5.45. The molecule has 1 amide bonds. The molecule has 1 atom stereocenters. The van der Waals surface area contributed by atoms with Crippen molar-refractivity contribution in [3.8, 4) is 0 Å². The molecule has 1 aromatic carbocycles. The van der Waals surface area contributed by atoms with Gasteiger partial charge < -0.3 is 15.3 Å². The number of hydrogen-bond donors (Lipinski definition) is 2. The van der Waals surface area contributed by atoms with Gasteiger partial charge in [-0.15, -0.1) is 0 Å². The fourth-order valence-electron chi connectivity index (χ4n) is 2.42. The van der Waals surface area contributed by atoms with Crippen LogP contribution in [0.1, 0.15) is 31.4 Å². The van der Waals surface area contributed by atoms with Crippen LogP contribution in [0.5, 0.6) is 0 Å². The fourth-order valence-corrected chi connectivity index (χ4v) is 2.42. The lowest BCUT2D eigenvalue weighted by atomic mass is 9.89. The Bertz CT molecular complexity index is 425. The highest BCUT2D eigenvalue weighted by atomic mass is 16.3. The lowest BCUT2D eigenvalue weighted by molar-refractivity contribution is -0.142. The van der Waals surface area contributed by atoms with E-state index in [9.17, 15) is 9.90 Å². The molecular weight excluding hydrogens is 240 g/mol. The largest absolute Gasteiger partial charge is 0.378 e. The highest BCUT2D eigenvalue weighted by Gasteiger charge is 2.32. The monoisotopic (exact) mass is 262 g/mol. The molecule has 2 rings (SSSR count). The van der Waals surface area contributed by atoms with E-state index >= 15 is 0 Å². The normalized spacial score (nSPS) is 20.1. The zero-order valence-electron chi connectivity index (χ0n) is 11.6. The first-order valence-corrected chi connectivity index (χ1v) is 6.76. The maximum absolute atomic E-state index is 12.3. The van der Waals surface area contributed by atoms with Gasteiger partial charge in [0.2, 0.25) is 0 Å². The lowest BCUT2D eigenvalue weighted by Crippen LogP contribution is -2.52. The molecule has 0 saturated carbocycles. The van der Waals surface area contributed by atoms with Gasteiger partial charge in [-0.1, -0.05) is 30.3 Å². The van der Waals surface area contributed by atoms with Crippen molar-refractivity contribution in [1.82, 2.24) is 10.2 Å². The molecule has 0 spiro atoms. The second-order valence-corrected chi connectivity index (χ2v) is 5.45. The summed E-state index contributed by atoms with van der Waals surface area (Å²) in [6.07, 6.45) is 0.785. The number of aliphatic hydroxyl groups excluding tert-OH is 1. The topological polar surface area (TPSA) is 52.6 Å². The first-order valence-electron chi connectivity index (χ1n) is 6.76. The number of rotatable bonds is 3. The molecule has 19 heavy (non-hydrogen) atoms. The average molecular weight is 262 g/mol. The van der Waals surface area contributed by atoms with Gasteiger partial charge in [-0.25, -0.2) is 0 Å². The van der Waals surface area contributed by atoms with Crippen LogP contribution in [0.3, 0.4) is 0 Å². The molecule has 1 aliphatic rings. The van der Waals surface area contributed by atoms with Crippen LogP contribution in [-0.4, -0.2) is 41.6 Å². The summed E-state index contributed by atoms with van der Waals surface area (Å²) in [5.41, 5.74) is 0.767. The van der Waals surface area contributed by atoms with Crippen molar-refractivity contribution >= 4 is 5.91 Å². The van der Waals surface area contributed by atoms with E-state index < -0.39 is 6.10 Å². The van der Waals surface area contributed by atoms with Gasteiger partial charge >= 0.3 is 0 Å². The molecule has 1 aromatic rings. The molecule has 0 aliphatic carbocycles. The Balaban J connectivity index is 1.98. The molecule has 1 heterocycles. The quantitative estimate of drug-likeness (QED) is 0.864. The molecule has 4 heteroatoms. The smallest absolute Gasteiger partial charge is 0.256 e. The first kappa shape index (κ1) is 14.0. The number of carbonyl (C=O) groups is 1. The van der Waals surface area contributed by atoms with Gasteiger partial charge in [-0.3, -0.25) is 4.79 Å². The Hall–Kier alpha value is -1.39. The van der Waals surface area contributed by atoms with Crippen molar-refractivity contribution in [2.45, 2.75) is 31.4 Å². The maximum Gasteiger partial charge on any atom is 0.256 e. The minimum absolute atomic E-state index is 0.106. The van der Waals surface area contributed by atoms with Crippen LogP contribution in [0, 0.1) is 0 Å². The van der Waals surface area contributed by atoms with Crippen molar-refractivity contribution < 1.29 is 9.90 Å². The molecular formula is C15H22N2O2. The van der Waals surface area contributed by atoms with E-state index in [1.54, 1.807) is 17.0 Å². The van der Waals surface area contributed by atoms with E-state index in [0.717, 1.165) is 12.8 Å². The van der Waals surface area contributed by atoms with Gasteiger partial charge in [-0.05, 0) is 32.4 Å². The minimum atomic E-state index is -1.04. The second kappa shape index (κ2) is 5.72. The lowest BCUT2D eigenvalue weighted by Gasteiger charge is -2.39. The van der Waals surface area contributed by atoms with Crippen LogP contribution in [0.4, 0.5) is 0 Å². The van der Waals surface area contributed by atoms with Gasteiger partial charge in [0.15, 0.2) is 6.10 Å². The van der Waals surface area contributed by atoms with Gasteiger partial charge in [0.1, 0.15) is 0 Å². The molecule has 104 valence electrons. The SMILES string of the molecule is CNC1(C)CCN(C(=O)C(O)c2ccccc2)CC1. The Kier molecular flexibility index (Phi) is 4.22. The van der Waals surface area contributed by atoms with Crippen molar-refractivity contribution in [3.63, 3.8) is 0 Å². The van der Waals surface area contributed by atoms with Gasteiger partial charge in [0, 0.05) is 18.6 Å². The van der Waals surface area contributed by atoms with Crippen LogP contribution in [0.2, 0.25) is 0 Å². The third-order valence-corrected chi connectivity index (χ3v) is 4.13. The number of likely N-dealkylation sites (tertiary alicyclic amines) is 1. The number of benzene rings is 1. The van der Waals surface area contributed by atoms with Crippen LogP contribution in [0.15, 0.2) is 30.3 Å². The zero-order valence-corrected chi connectivity index (χ0v) is 11.6. The molecule has 0 radical (unpaired) electrons. The molecule has 0 bridgehead atoms. The zero-order chi connectivity index (χ0) is 13.9. The standard InChI is InChI=1S/C15H22N2O2/c1-15(16-2)8-10-17(11-9-15)14(19)13(18)12-6-4-3-5-7-12/h3-7,13,16,18H,8-11H2,1-2H3. The van der Waals surface area contributed by atoms with Crippen LogP contribution in [0.25, 0.3) is 0 Å². The summed E-state index contributed by atoms with van der Waals surface area (Å²) in [4.78, 5) is 14.0. The van der Waals surface area contributed by atoms with Gasteiger partial charge in [0.05, 0.1) is 0 Å². The number of amides is 1. The van der Waals surface area contributed by atoms with E-state index in [4.69, 9.17) is 0 Å². The summed E-state index contributed by atoms with van der Waals surface area (Å²) in [7, 11) is 1.95. The van der Waals surface area contributed by atoms with Crippen LogP contribution >= 0.6 is 0 Å². The third kappa shape index (κ3) is 3.14. The summed E-state index contributed by atoms with van der Waals surface area (Å²) in [5, 5.41) is 13.4. The van der Waals surface area contributed by atoms with Gasteiger partial charge in [-0.2, -0.15) is 0 Å². The summed E-state index contributed by atoms with van der Waals surface area (Å²) in [6.45, 7) is 3.56. The summed E-state index contributed by atoms with van der Waals surface area (Å²) >= 11 is 0. The van der Waals surface area contributed by atoms with Crippen molar-refractivity contribution in [2.75, 3.05) is 20.1 Å². The van der Waals surface area contributed by atoms with Crippen LogP contribution < -0.4 is 5.32 Å². The molecule has 0 aromatic heterocycles. The molecule has 2 N–H and O–H groups in total. The number of aliphatic hydroxyl groups is 1. The van der Waals surface area contributed by atoms with E-state index in [0.29, 0.717) is 18.7 Å². The average Bonchev–Trinajstić information content (AvgIpc) is 2.47. The first-order chi connectivity index (χ1) is 9.06. The minimum Gasteiger partial charge on any atom is -0.378 e. The number of nitrogens with one attached hydrogen (secondary N) is 1. The van der Waals surface area contributed by atoms with Crippen molar-refractivity contribution in [3.05, 3.63) is 35.9 Å². The van der Waals surface area contributed by atoms with E-state index in [-0.39, 0.29) is 11.4 Å². The fraction of sp³-hybridized carbons (Fsp3) is 0.533. The van der Waals surface area contributed by atoms with E-state index in [1.807, 2.05) is 25.2 Å². The number of hydrogen-bond acceptors (Lipinski definition) is 3. The molecule has 1 unspecified atom stereocenters. The maximum atomic E-state index is 12.3. The van der Waals surface area contributed by atoms with E-state index in [2.05, 4.69) is 12.2 Å². The Morgan fingerprint density at radius 1 is 1.32 bits per heavy atom. The summed E-state index contributed by atoms with van der Waals surface area (Å²) in [6, 6.07) is 9.11. The Morgan fingerprint density at radius 2 is 1.89 bits per heavy atom. The summed E-state index contributed by atoms with van der Waals surface area (Å²) < 4.78 is 0. The van der Waals surface area contributed by atoms with Crippen LogP contribution in [-0.2, 0) is 4.79 Å². The third-order valence-electron chi connectivity index (χ3n) is 4.13. The Morgan fingerprint density at radius 3 is 2.42 bits per heavy atom. The Labute approximate surface area is 114 Å². The molecule has 1 fully saturated rings. The predicted molar refractivity (Wildman–Crippen MR) is 74.7 cm³/mol. The number of nitrogens with zero attached hydrogens (tertiary/aromatic N) is 1. The van der Waals surface area contributed by atoms with Crippen molar-refractivity contribution in [2.24, 2.45) is 0 Å². The van der Waals surface area contributed by atoms with Gasteiger partial charge in [0.25, 0.3) is 5.91 Å². The van der Waals surface area contributed by atoms with E-state index in [1.165, 1.54) is 0 Å².